The summed E-state index contributed by atoms with van der Waals surface area (Å²) in [4.78, 5) is 29.4. The standard InChI is InChI=1S/C33H24FNO5/c34-22-12-8-11-21(19-22)28(29-31(36)25-14-5-7-16-27(25)40-33(29)38)30-24(23-13-4-6-15-26(23)35-30)17-18-39-32(37)20-9-2-1-3-10-20/h1-16,19,28,35-36H,17-18H2. The van der Waals surface area contributed by atoms with Gasteiger partial charge in [-0.1, -0.05) is 60.7 Å². The molecule has 6 nitrogen and oxygen atoms in total. The molecule has 1 unspecified atom stereocenters. The Labute approximate surface area is 228 Å². The number of aromatic amines is 1. The van der Waals surface area contributed by atoms with Gasteiger partial charge in [0.2, 0.25) is 0 Å². The molecule has 6 rings (SSSR count). The number of ether oxygens (including phenoxy) is 1. The Kier molecular flexibility index (Phi) is 6.62. The molecule has 2 aromatic heterocycles. The zero-order valence-corrected chi connectivity index (χ0v) is 21.3. The quantitative estimate of drug-likeness (QED) is 0.176. The smallest absolute Gasteiger partial charge is 0.344 e. The maximum absolute atomic E-state index is 14.5. The van der Waals surface area contributed by atoms with E-state index >= 15 is 0 Å². The molecular formula is C33H24FNO5. The molecule has 0 fully saturated rings. The molecule has 0 spiro atoms. The Morgan fingerprint density at radius 2 is 1.62 bits per heavy atom. The Bertz CT molecular complexity index is 1910. The Balaban J connectivity index is 1.50. The molecule has 1 atom stereocenters. The maximum atomic E-state index is 14.5. The normalized spacial score (nSPS) is 12.0. The van der Waals surface area contributed by atoms with Gasteiger partial charge >= 0.3 is 11.6 Å². The molecular weight excluding hydrogens is 509 g/mol. The van der Waals surface area contributed by atoms with Crippen molar-refractivity contribution in [2.24, 2.45) is 0 Å². The van der Waals surface area contributed by atoms with E-state index in [-0.39, 0.29) is 23.5 Å². The van der Waals surface area contributed by atoms with Gasteiger partial charge in [0.1, 0.15) is 17.1 Å². The Hall–Kier alpha value is -5.17. The zero-order chi connectivity index (χ0) is 27.6. The number of fused-ring (bicyclic) bond motifs is 2. The zero-order valence-electron chi connectivity index (χ0n) is 21.3. The lowest BCUT2D eigenvalue weighted by Crippen LogP contribution is -2.17. The number of nitrogens with one attached hydrogen (secondary N) is 1. The highest BCUT2D eigenvalue weighted by molar-refractivity contribution is 5.90. The van der Waals surface area contributed by atoms with Crippen molar-refractivity contribution in [3.63, 3.8) is 0 Å². The fourth-order valence-electron chi connectivity index (χ4n) is 5.21. The second-order valence-corrected chi connectivity index (χ2v) is 9.45. The highest BCUT2D eigenvalue weighted by Crippen LogP contribution is 2.41. The van der Waals surface area contributed by atoms with Crippen LogP contribution in [-0.4, -0.2) is 22.7 Å². The molecule has 0 amide bonds. The van der Waals surface area contributed by atoms with E-state index in [4.69, 9.17) is 9.15 Å². The van der Waals surface area contributed by atoms with E-state index in [1.807, 2.05) is 30.3 Å². The molecule has 2 N–H and O–H groups in total. The topological polar surface area (TPSA) is 92.5 Å². The highest BCUT2D eigenvalue weighted by Gasteiger charge is 2.30. The van der Waals surface area contributed by atoms with Crippen LogP contribution < -0.4 is 5.63 Å². The summed E-state index contributed by atoms with van der Waals surface area (Å²) in [5.41, 5.74) is 2.52. The molecule has 0 radical (unpaired) electrons. The number of hydrogen-bond donors (Lipinski definition) is 2. The molecule has 0 aliphatic carbocycles. The lowest BCUT2D eigenvalue weighted by Gasteiger charge is -2.20. The van der Waals surface area contributed by atoms with E-state index in [1.165, 1.54) is 12.1 Å². The van der Waals surface area contributed by atoms with Gasteiger partial charge in [-0.2, -0.15) is 0 Å². The predicted molar refractivity (Wildman–Crippen MR) is 150 cm³/mol. The summed E-state index contributed by atoms with van der Waals surface area (Å²) in [6.07, 6.45) is 0.309. The first-order chi connectivity index (χ1) is 19.5. The summed E-state index contributed by atoms with van der Waals surface area (Å²) in [5.74, 6) is -2.07. The summed E-state index contributed by atoms with van der Waals surface area (Å²) < 4.78 is 25.7. The van der Waals surface area contributed by atoms with E-state index in [0.29, 0.717) is 28.6 Å². The predicted octanol–water partition coefficient (Wildman–Crippen LogP) is 6.70. The molecule has 40 heavy (non-hydrogen) atoms. The van der Waals surface area contributed by atoms with E-state index in [0.717, 1.165) is 16.5 Å². The van der Waals surface area contributed by atoms with Crippen LogP contribution >= 0.6 is 0 Å². The van der Waals surface area contributed by atoms with Crippen LogP contribution in [0.25, 0.3) is 21.9 Å². The average Bonchev–Trinajstić information content (AvgIpc) is 3.33. The number of benzene rings is 4. The van der Waals surface area contributed by atoms with Crippen LogP contribution in [0, 0.1) is 5.82 Å². The van der Waals surface area contributed by atoms with Crippen LogP contribution in [0.15, 0.2) is 112 Å². The number of aromatic hydroxyl groups is 1. The number of halogens is 1. The van der Waals surface area contributed by atoms with Gasteiger partial charge in [0.25, 0.3) is 0 Å². The molecule has 0 aliphatic heterocycles. The number of hydrogen-bond acceptors (Lipinski definition) is 5. The minimum Gasteiger partial charge on any atom is -0.507 e. The van der Waals surface area contributed by atoms with Crippen molar-refractivity contribution in [2.45, 2.75) is 12.3 Å². The third kappa shape index (κ3) is 4.62. The number of para-hydroxylation sites is 2. The Morgan fingerprint density at radius 1 is 0.900 bits per heavy atom. The molecule has 0 aliphatic rings. The number of esters is 1. The molecule has 7 heteroatoms. The molecule has 4 aromatic carbocycles. The molecule has 198 valence electrons. The average molecular weight is 534 g/mol. The van der Waals surface area contributed by atoms with Crippen LogP contribution in [0.4, 0.5) is 4.39 Å². The van der Waals surface area contributed by atoms with Crippen LogP contribution in [0.5, 0.6) is 5.75 Å². The number of rotatable bonds is 7. The van der Waals surface area contributed by atoms with Gasteiger partial charge in [-0.3, -0.25) is 0 Å². The number of aromatic nitrogens is 1. The lowest BCUT2D eigenvalue weighted by molar-refractivity contribution is 0.0509. The first-order valence-electron chi connectivity index (χ1n) is 12.8. The van der Waals surface area contributed by atoms with Gasteiger partial charge in [-0.05, 0) is 53.6 Å². The SMILES string of the molecule is O=C(OCCc1c(C(c2cccc(F)c2)c2c(O)c3ccccc3oc2=O)[nH]c2ccccc12)c1ccccc1. The number of H-pyrrole nitrogens is 1. The molecule has 2 heterocycles. The first kappa shape index (κ1) is 25.1. The van der Waals surface area contributed by atoms with Crippen LogP contribution in [0.1, 0.15) is 38.7 Å². The highest BCUT2D eigenvalue weighted by atomic mass is 19.1. The minimum atomic E-state index is -0.899. The van der Waals surface area contributed by atoms with Crippen LogP contribution in [0.2, 0.25) is 0 Å². The summed E-state index contributed by atoms with van der Waals surface area (Å²) in [6, 6.07) is 28.9. The van der Waals surface area contributed by atoms with Gasteiger partial charge in [0.15, 0.2) is 0 Å². The fraction of sp³-hybridized carbons (Fsp3) is 0.0909. The van der Waals surface area contributed by atoms with E-state index in [2.05, 4.69) is 4.98 Å². The monoisotopic (exact) mass is 533 g/mol. The van der Waals surface area contributed by atoms with Gasteiger partial charge in [-0.25, -0.2) is 14.0 Å². The van der Waals surface area contributed by atoms with Gasteiger partial charge in [0, 0.05) is 23.0 Å². The number of carbonyl (C=O) groups excluding carboxylic acids is 1. The third-order valence-corrected chi connectivity index (χ3v) is 7.02. The van der Waals surface area contributed by atoms with Crippen molar-refractivity contribution < 1.29 is 23.4 Å². The summed E-state index contributed by atoms with van der Waals surface area (Å²) in [7, 11) is 0. The second kappa shape index (κ2) is 10.5. The van der Waals surface area contributed by atoms with E-state index < -0.39 is 23.3 Å². The van der Waals surface area contributed by atoms with Gasteiger partial charge in [0.05, 0.1) is 29.0 Å². The summed E-state index contributed by atoms with van der Waals surface area (Å²) in [6.45, 7) is 0.0662. The lowest BCUT2D eigenvalue weighted by atomic mass is 9.85. The third-order valence-electron chi connectivity index (χ3n) is 7.02. The van der Waals surface area contributed by atoms with E-state index in [9.17, 15) is 19.1 Å². The summed E-state index contributed by atoms with van der Waals surface area (Å²) in [5, 5.41) is 12.6. The molecule has 6 aromatic rings. The van der Waals surface area contributed by atoms with Crippen molar-refractivity contribution in [1.29, 1.82) is 0 Å². The molecule has 0 saturated carbocycles. The number of carbonyl (C=O) groups is 1. The van der Waals surface area contributed by atoms with Crippen molar-refractivity contribution in [2.75, 3.05) is 6.61 Å². The van der Waals surface area contributed by atoms with Gasteiger partial charge < -0.3 is 19.2 Å². The second-order valence-electron chi connectivity index (χ2n) is 9.45. The maximum Gasteiger partial charge on any atom is 0.344 e. The van der Waals surface area contributed by atoms with Crippen molar-refractivity contribution in [3.05, 3.63) is 147 Å². The van der Waals surface area contributed by atoms with Crippen LogP contribution in [0.3, 0.4) is 0 Å². The molecule has 0 bridgehead atoms. The van der Waals surface area contributed by atoms with Crippen molar-refractivity contribution >= 4 is 27.8 Å². The van der Waals surface area contributed by atoms with Crippen molar-refractivity contribution in [3.8, 4) is 5.75 Å². The fourth-order valence-corrected chi connectivity index (χ4v) is 5.21. The van der Waals surface area contributed by atoms with Crippen molar-refractivity contribution in [1.82, 2.24) is 4.98 Å². The molecule has 0 saturated heterocycles. The summed E-state index contributed by atoms with van der Waals surface area (Å²) >= 11 is 0. The van der Waals surface area contributed by atoms with Crippen LogP contribution in [-0.2, 0) is 11.2 Å². The van der Waals surface area contributed by atoms with Gasteiger partial charge in [-0.15, -0.1) is 0 Å². The Morgan fingerprint density at radius 3 is 2.42 bits per heavy atom. The minimum absolute atomic E-state index is 0.0154. The van der Waals surface area contributed by atoms with E-state index in [1.54, 1.807) is 60.7 Å². The largest absolute Gasteiger partial charge is 0.507 e. The first-order valence-corrected chi connectivity index (χ1v) is 12.8.